The Hall–Kier alpha value is 0.880. The first-order valence-electron chi connectivity index (χ1n) is 23.1. The van der Waals surface area contributed by atoms with E-state index in [1.807, 2.05) is 0 Å². The highest BCUT2D eigenvalue weighted by atomic mass is 79.9. The minimum Gasteiger partial charge on any atom is -0.326 e. The van der Waals surface area contributed by atoms with Crippen LogP contribution < -0.4 is 0 Å². The van der Waals surface area contributed by atoms with E-state index in [1.165, 1.54) is 242 Å². The summed E-state index contributed by atoms with van der Waals surface area (Å²) in [5.41, 5.74) is 0. The maximum atomic E-state index is 4.07. The third-order valence-electron chi connectivity index (χ3n) is 12.1. The van der Waals surface area contributed by atoms with Crippen LogP contribution in [0, 0.1) is 0 Å². The molecule has 0 aromatic heterocycles. The highest BCUT2D eigenvalue weighted by Crippen LogP contribution is 2.24. The minimum absolute atomic E-state index is 0.622. The fourth-order valence-corrected chi connectivity index (χ4v) is 9.17. The lowest BCUT2D eigenvalue weighted by Gasteiger charge is -2.38. The van der Waals surface area contributed by atoms with Crippen molar-refractivity contribution in [2.45, 2.75) is 250 Å². The molecule has 0 aliphatic heterocycles. The van der Waals surface area contributed by atoms with Crippen molar-refractivity contribution in [3.63, 3.8) is 0 Å². The zero-order valence-corrected chi connectivity index (χ0v) is 38.8. The van der Waals surface area contributed by atoms with Crippen molar-refractivity contribution in [2.24, 2.45) is 0 Å². The topological polar surface area (TPSA) is 0 Å². The van der Waals surface area contributed by atoms with E-state index in [0.29, 0.717) is 4.95 Å². The normalized spacial score (nSPS) is 13.7. The molecule has 0 saturated heterocycles. The second kappa shape index (κ2) is 36.8. The predicted molar refractivity (Wildman–Crippen MR) is 237 cm³/mol. The van der Waals surface area contributed by atoms with Crippen LogP contribution in [0.3, 0.4) is 0 Å². The third-order valence-corrected chi connectivity index (χ3v) is 14.1. The molecule has 4 heteroatoms. The van der Waals surface area contributed by atoms with E-state index in [-0.39, 0.29) is 0 Å². The molecule has 0 amide bonds. The van der Waals surface area contributed by atoms with E-state index in [9.17, 15) is 0 Å². The second-order valence-corrected chi connectivity index (χ2v) is 19.6. The van der Waals surface area contributed by atoms with E-state index in [4.69, 9.17) is 0 Å². The summed E-state index contributed by atoms with van der Waals surface area (Å²) in [7, 11) is 9.91. The summed E-state index contributed by atoms with van der Waals surface area (Å²) in [5.74, 6) is 0. The predicted octanol–water partition coefficient (Wildman–Crippen LogP) is 16.3. The number of hydrogen-bond donors (Lipinski definition) is 0. The lowest BCUT2D eigenvalue weighted by Crippen LogP contribution is -2.49. The van der Waals surface area contributed by atoms with Crippen molar-refractivity contribution in [2.75, 3.05) is 46.6 Å². The summed E-state index contributed by atoms with van der Waals surface area (Å²) in [6, 6.07) is 0.827. The quantitative estimate of drug-likeness (QED) is 0.0249. The Balaban J connectivity index is 3.71. The minimum atomic E-state index is 0.622. The zero-order chi connectivity index (χ0) is 37.0. The van der Waals surface area contributed by atoms with Gasteiger partial charge in [-0.05, 0) is 60.9 Å². The first-order valence-corrected chi connectivity index (χ1v) is 25.1. The Morgan fingerprint density at radius 1 is 0.340 bits per heavy atom. The van der Waals surface area contributed by atoms with Crippen LogP contribution in [0.25, 0.3) is 0 Å². The maximum Gasteiger partial charge on any atom is 0.144 e. The molecule has 0 aromatic rings. The van der Waals surface area contributed by atoms with Crippen LogP contribution in [-0.4, -0.2) is 66.6 Å². The molecule has 0 fully saturated rings. The van der Waals surface area contributed by atoms with Crippen molar-refractivity contribution >= 4 is 31.9 Å². The maximum absolute atomic E-state index is 4.07. The molecule has 2 atom stereocenters. The first-order chi connectivity index (χ1) is 24.2. The molecule has 0 aromatic carbocycles. The molecule has 0 heterocycles. The summed E-state index contributed by atoms with van der Waals surface area (Å²) < 4.78 is 2.38. The Labute approximate surface area is 335 Å². The van der Waals surface area contributed by atoms with E-state index in [2.05, 4.69) is 73.9 Å². The van der Waals surface area contributed by atoms with Gasteiger partial charge in [0.05, 0.1) is 47.3 Å². The van der Waals surface area contributed by atoms with E-state index in [0.717, 1.165) is 15.9 Å². The largest absolute Gasteiger partial charge is 0.326 e. The number of rotatable bonds is 41. The molecule has 2 unspecified atom stereocenters. The van der Waals surface area contributed by atoms with Gasteiger partial charge in [0.1, 0.15) is 4.95 Å². The van der Waals surface area contributed by atoms with Crippen LogP contribution in [0.15, 0.2) is 0 Å². The molecule has 0 bridgehead atoms. The van der Waals surface area contributed by atoms with Gasteiger partial charge in [-0.15, -0.1) is 0 Å². The monoisotopic (exact) mass is 835 g/mol. The van der Waals surface area contributed by atoms with Crippen molar-refractivity contribution in [3.05, 3.63) is 0 Å². The Morgan fingerprint density at radius 3 is 0.960 bits per heavy atom. The van der Waals surface area contributed by atoms with Gasteiger partial charge in [-0.2, -0.15) is 0 Å². The summed E-state index contributed by atoms with van der Waals surface area (Å²) in [6.07, 6.45) is 50.1. The van der Waals surface area contributed by atoms with Gasteiger partial charge in [0, 0.05) is 18.2 Å². The Morgan fingerprint density at radius 2 is 0.620 bits per heavy atom. The van der Waals surface area contributed by atoms with Crippen molar-refractivity contribution in [1.29, 1.82) is 0 Å². The summed E-state index contributed by atoms with van der Waals surface area (Å²) in [4.78, 5) is 0.622. The molecule has 0 aliphatic rings. The van der Waals surface area contributed by atoms with Crippen LogP contribution in [0.4, 0.5) is 0 Å². The van der Waals surface area contributed by atoms with Crippen LogP contribution in [-0.2, 0) is 0 Å². The van der Waals surface area contributed by atoms with Crippen molar-refractivity contribution < 1.29 is 8.97 Å². The third kappa shape index (κ3) is 32.3. The molecule has 50 heavy (non-hydrogen) atoms. The Kier molecular flexibility index (Phi) is 37.5. The fraction of sp³-hybridized carbons (Fsp3) is 1.00. The number of nitrogens with zero attached hydrogens (tertiary/aromatic N) is 2. The molecule has 0 spiro atoms. The van der Waals surface area contributed by atoms with Gasteiger partial charge >= 0.3 is 0 Å². The molecule has 0 radical (unpaired) electrons. The molecular formula is C46H96Br2N2+2. The molecule has 0 rings (SSSR count). The highest BCUT2D eigenvalue weighted by Gasteiger charge is 2.27. The van der Waals surface area contributed by atoms with Gasteiger partial charge in [-0.1, -0.05) is 197 Å². The average Bonchev–Trinajstić information content (AvgIpc) is 3.09. The van der Waals surface area contributed by atoms with E-state index in [1.54, 1.807) is 0 Å². The van der Waals surface area contributed by atoms with Crippen LogP contribution in [0.2, 0.25) is 0 Å². The summed E-state index contributed by atoms with van der Waals surface area (Å²) in [6.45, 7) is 7.30. The molecule has 2 nitrogen and oxygen atoms in total. The zero-order valence-electron chi connectivity index (χ0n) is 35.7. The molecule has 0 N–H and O–H groups in total. The van der Waals surface area contributed by atoms with Crippen LogP contribution in [0.5, 0.6) is 0 Å². The van der Waals surface area contributed by atoms with Gasteiger partial charge in [0.15, 0.2) is 0 Å². The van der Waals surface area contributed by atoms with Gasteiger partial charge in [-0.3, -0.25) is 0 Å². The van der Waals surface area contributed by atoms with Crippen LogP contribution in [0.1, 0.15) is 239 Å². The van der Waals surface area contributed by atoms with E-state index < -0.39 is 0 Å². The molecule has 0 saturated carbocycles. The number of unbranched alkanes of at least 4 members (excludes halogenated alkanes) is 29. The van der Waals surface area contributed by atoms with Crippen molar-refractivity contribution in [1.82, 2.24) is 0 Å². The second-order valence-electron chi connectivity index (χ2n) is 17.8. The standard InChI is InChI=1S/C46H96Br2N2/c1-7-9-11-13-15-17-25-29-33-37-43-49(3,4)45(41-42-47)39-35-31-27-23-21-19-20-22-24-28-32-36-40-46(48)50(5,6)44-38-34-30-26-18-16-14-12-10-8-2/h45-46H,7-44H2,1-6H3/q+2. The summed E-state index contributed by atoms with van der Waals surface area (Å²) >= 11 is 7.85. The van der Waals surface area contributed by atoms with Crippen molar-refractivity contribution in [3.8, 4) is 0 Å². The van der Waals surface area contributed by atoms with Gasteiger partial charge in [0.25, 0.3) is 0 Å². The smallest absolute Gasteiger partial charge is 0.144 e. The highest BCUT2D eigenvalue weighted by molar-refractivity contribution is 9.09. The average molecular weight is 837 g/mol. The number of alkyl halides is 2. The number of halogens is 2. The SMILES string of the molecule is CCCCCCCCCCCC[N+](C)(C)C(Br)CCCCCCCCCCCCCCC(CCBr)[N+](C)(C)CCCCCCCCCCCC. The first kappa shape index (κ1) is 50.9. The summed E-state index contributed by atoms with van der Waals surface area (Å²) in [5, 5.41) is 1.16. The van der Waals surface area contributed by atoms with Gasteiger partial charge in [0.2, 0.25) is 0 Å². The number of hydrogen-bond acceptors (Lipinski definition) is 0. The number of quaternary nitrogens is 2. The lowest BCUT2D eigenvalue weighted by molar-refractivity contribution is -0.915. The molecular weight excluding hydrogens is 740 g/mol. The van der Waals surface area contributed by atoms with E-state index >= 15 is 0 Å². The van der Waals surface area contributed by atoms with Crippen LogP contribution >= 0.6 is 31.9 Å². The fourth-order valence-electron chi connectivity index (χ4n) is 8.12. The van der Waals surface area contributed by atoms with Gasteiger partial charge in [-0.25, -0.2) is 0 Å². The molecule has 302 valence electrons. The molecule has 0 aliphatic carbocycles. The lowest BCUT2D eigenvalue weighted by atomic mass is 10.00. The van der Waals surface area contributed by atoms with Gasteiger partial charge < -0.3 is 8.97 Å². The Bertz CT molecular complexity index is 667.